The molecule has 52 heavy (non-hydrogen) atoms. The Balaban J connectivity index is 1.19. The van der Waals surface area contributed by atoms with Crippen molar-refractivity contribution in [3.8, 4) is 16.3 Å². The number of aryl methyl sites for hydroxylation is 1. The first kappa shape index (κ1) is 37.8. The van der Waals surface area contributed by atoms with E-state index in [0.29, 0.717) is 34.1 Å². The number of hydrogen-bond donors (Lipinski definition) is 3. The predicted molar refractivity (Wildman–Crippen MR) is 193 cm³/mol. The summed E-state index contributed by atoms with van der Waals surface area (Å²) in [5, 5.41) is 16.6. The minimum Gasteiger partial charge on any atom is -0.482 e. The summed E-state index contributed by atoms with van der Waals surface area (Å²) in [4.78, 5) is 41.0. The number of ether oxygens (including phenoxy) is 1. The molecule has 0 saturated heterocycles. The quantitative estimate of drug-likeness (QED) is 0.0878. The Bertz CT molecular complexity index is 1980. The van der Waals surface area contributed by atoms with Gasteiger partial charge in [-0.2, -0.15) is 13.2 Å². The molecule has 0 unspecified atom stereocenters. The van der Waals surface area contributed by atoms with Crippen LogP contribution in [0.5, 0.6) is 5.75 Å². The second-order valence-electron chi connectivity index (χ2n) is 12.2. The number of carbonyl (C=O) groups is 3. The molecule has 12 heteroatoms. The van der Waals surface area contributed by atoms with Gasteiger partial charge in [0.2, 0.25) is 0 Å². The Morgan fingerprint density at radius 3 is 2.00 bits per heavy atom. The molecule has 0 bridgehead atoms. The van der Waals surface area contributed by atoms with Crippen molar-refractivity contribution in [3.05, 3.63) is 141 Å². The van der Waals surface area contributed by atoms with Crippen LogP contribution in [-0.4, -0.2) is 34.5 Å². The van der Waals surface area contributed by atoms with E-state index in [9.17, 15) is 27.6 Å². The van der Waals surface area contributed by atoms with E-state index in [1.807, 2.05) is 12.1 Å². The van der Waals surface area contributed by atoms with Crippen LogP contribution in [0, 0.1) is 0 Å². The lowest BCUT2D eigenvalue weighted by Gasteiger charge is -2.14. The molecule has 3 N–H and O–H groups in total. The maximum absolute atomic E-state index is 14.0. The molecule has 0 aliphatic carbocycles. The Hall–Kier alpha value is -5.49. The molecule has 5 rings (SSSR count). The Morgan fingerprint density at radius 2 is 1.38 bits per heavy atom. The monoisotopic (exact) mass is 729 g/mol. The number of thiazole rings is 1. The highest BCUT2D eigenvalue weighted by Crippen LogP contribution is 2.34. The zero-order chi connectivity index (χ0) is 37.1. The lowest BCUT2D eigenvalue weighted by molar-refractivity contribution is -0.139. The number of carboxylic acids is 1. The summed E-state index contributed by atoms with van der Waals surface area (Å²) in [6.07, 6.45) is -0.194. The summed E-state index contributed by atoms with van der Waals surface area (Å²) in [7, 11) is 0. The van der Waals surface area contributed by atoms with Crippen molar-refractivity contribution in [2.45, 2.75) is 58.3 Å². The number of nitrogens with one attached hydrogen (secondary N) is 2. The first-order chi connectivity index (χ1) is 25.0. The third-order valence-electron chi connectivity index (χ3n) is 8.27. The first-order valence-corrected chi connectivity index (χ1v) is 17.7. The fourth-order valence-electron chi connectivity index (χ4n) is 5.46. The van der Waals surface area contributed by atoms with E-state index in [0.717, 1.165) is 36.1 Å². The Morgan fingerprint density at radius 1 is 0.788 bits per heavy atom. The lowest BCUT2D eigenvalue weighted by Crippen LogP contribution is -2.23. The SMILES string of the molecule is CCCCCc1ccc(CNC(=O)c2ccc(-c3nc(Cc4cc(C(=O)NCc5ccc(OCC(=O)O)cc5)ccc4C(F)(F)F)cs3)cc2)cc1. The molecule has 0 aliphatic rings. The minimum atomic E-state index is -4.64. The molecule has 0 aliphatic heterocycles. The fourth-order valence-corrected chi connectivity index (χ4v) is 6.28. The highest BCUT2D eigenvalue weighted by molar-refractivity contribution is 7.13. The van der Waals surface area contributed by atoms with Crippen LogP contribution < -0.4 is 15.4 Å². The topological polar surface area (TPSA) is 118 Å². The number of alkyl halides is 3. The largest absolute Gasteiger partial charge is 0.482 e. The van der Waals surface area contributed by atoms with E-state index in [1.165, 1.54) is 35.8 Å². The van der Waals surface area contributed by atoms with Crippen LogP contribution in [0.25, 0.3) is 10.6 Å². The van der Waals surface area contributed by atoms with E-state index >= 15 is 0 Å². The number of aliphatic carboxylic acids is 1. The zero-order valence-electron chi connectivity index (χ0n) is 28.5. The summed E-state index contributed by atoms with van der Waals surface area (Å²) in [6, 6.07) is 24.8. The smallest absolute Gasteiger partial charge is 0.416 e. The van der Waals surface area contributed by atoms with Gasteiger partial charge in [0, 0.05) is 41.6 Å². The van der Waals surface area contributed by atoms with Crippen LogP contribution in [-0.2, 0) is 36.9 Å². The number of carboxylic acid groups (broad SMARTS) is 1. The Labute approximate surface area is 303 Å². The molecule has 1 heterocycles. The molecule has 0 saturated carbocycles. The van der Waals surface area contributed by atoms with Gasteiger partial charge in [0.25, 0.3) is 11.8 Å². The van der Waals surface area contributed by atoms with Crippen molar-refractivity contribution < 1.29 is 37.4 Å². The number of halogens is 3. The average Bonchev–Trinajstić information content (AvgIpc) is 3.61. The number of amides is 2. The molecule has 5 aromatic rings. The van der Waals surface area contributed by atoms with Crippen LogP contribution in [0.1, 0.15) is 80.4 Å². The number of carbonyl (C=O) groups excluding carboxylic acids is 2. The summed E-state index contributed by atoms with van der Waals surface area (Å²) in [5.74, 6) is -1.54. The molecule has 1 aromatic heterocycles. The molecular weight excluding hydrogens is 692 g/mol. The van der Waals surface area contributed by atoms with Gasteiger partial charge in [-0.25, -0.2) is 9.78 Å². The zero-order valence-corrected chi connectivity index (χ0v) is 29.3. The van der Waals surface area contributed by atoms with Crippen molar-refractivity contribution in [3.63, 3.8) is 0 Å². The summed E-state index contributed by atoms with van der Waals surface area (Å²) >= 11 is 1.28. The summed E-state index contributed by atoms with van der Waals surface area (Å²) in [5.41, 5.74) is 3.70. The first-order valence-electron chi connectivity index (χ1n) is 16.8. The van der Waals surface area contributed by atoms with E-state index in [2.05, 4.69) is 34.7 Å². The molecule has 2 amide bonds. The lowest BCUT2D eigenvalue weighted by atomic mass is 9.99. The van der Waals surface area contributed by atoms with Gasteiger partial charge < -0.3 is 20.5 Å². The number of hydrogen-bond acceptors (Lipinski definition) is 6. The van der Waals surface area contributed by atoms with E-state index in [-0.39, 0.29) is 30.0 Å². The molecule has 8 nitrogen and oxygen atoms in total. The number of nitrogens with zero attached hydrogens (tertiary/aromatic N) is 1. The van der Waals surface area contributed by atoms with Crippen LogP contribution in [0.2, 0.25) is 0 Å². The molecule has 0 fully saturated rings. The molecule has 0 radical (unpaired) electrons. The van der Waals surface area contributed by atoms with Crippen LogP contribution in [0.4, 0.5) is 13.2 Å². The van der Waals surface area contributed by atoms with Gasteiger partial charge in [-0.1, -0.05) is 68.3 Å². The highest BCUT2D eigenvalue weighted by atomic mass is 32.1. The number of benzene rings is 4. The van der Waals surface area contributed by atoms with Crippen LogP contribution >= 0.6 is 11.3 Å². The van der Waals surface area contributed by atoms with Gasteiger partial charge in [-0.3, -0.25) is 9.59 Å². The number of aromatic nitrogens is 1. The second kappa shape index (κ2) is 17.6. The van der Waals surface area contributed by atoms with Gasteiger partial charge in [-0.05, 0) is 77.6 Å². The maximum atomic E-state index is 14.0. The minimum absolute atomic E-state index is 0.0631. The van der Waals surface area contributed by atoms with E-state index in [4.69, 9.17) is 9.84 Å². The fraction of sp³-hybridized carbons (Fsp3) is 0.250. The van der Waals surface area contributed by atoms with Crippen molar-refractivity contribution >= 4 is 29.1 Å². The van der Waals surface area contributed by atoms with Gasteiger partial charge in [0.1, 0.15) is 10.8 Å². The van der Waals surface area contributed by atoms with Gasteiger partial charge in [-0.15, -0.1) is 11.3 Å². The third-order valence-corrected chi connectivity index (χ3v) is 9.21. The number of rotatable bonds is 16. The predicted octanol–water partition coefficient (Wildman–Crippen LogP) is 8.48. The third kappa shape index (κ3) is 10.8. The summed E-state index contributed by atoms with van der Waals surface area (Å²) < 4.78 is 47.0. The summed E-state index contributed by atoms with van der Waals surface area (Å²) in [6.45, 7) is 2.18. The van der Waals surface area contributed by atoms with Crippen molar-refractivity contribution in [1.29, 1.82) is 0 Å². The number of unbranched alkanes of at least 4 members (excludes halogenated alkanes) is 2. The normalized spacial score (nSPS) is 11.2. The second-order valence-corrected chi connectivity index (χ2v) is 13.1. The molecule has 270 valence electrons. The van der Waals surface area contributed by atoms with Gasteiger partial charge >= 0.3 is 12.1 Å². The maximum Gasteiger partial charge on any atom is 0.416 e. The average molecular weight is 730 g/mol. The van der Waals surface area contributed by atoms with E-state index in [1.54, 1.807) is 53.9 Å². The van der Waals surface area contributed by atoms with Gasteiger partial charge in [0.05, 0.1) is 11.3 Å². The van der Waals surface area contributed by atoms with Gasteiger partial charge in [0.15, 0.2) is 6.61 Å². The van der Waals surface area contributed by atoms with Crippen LogP contribution in [0.3, 0.4) is 0 Å². The Kier molecular flexibility index (Phi) is 12.8. The van der Waals surface area contributed by atoms with Crippen LogP contribution in [0.15, 0.2) is 96.4 Å². The van der Waals surface area contributed by atoms with Crippen molar-refractivity contribution in [2.75, 3.05) is 6.61 Å². The molecule has 4 aromatic carbocycles. The van der Waals surface area contributed by atoms with Crippen molar-refractivity contribution in [2.24, 2.45) is 0 Å². The highest BCUT2D eigenvalue weighted by Gasteiger charge is 2.34. The standard InChI is InChI=1S/C40H38F3N3O5S/c1-2-3-4-5-26-6-8-27(9-7-26)22-44-37(49)29-12-14-30(15-13-29)39-46-33(25-52-39)21-32-20-31(16-19-35(32)40(41,42)43)38(50)45-23-28-10-17-34(18-11-28)51-24-36(47)48/h6-20,25H,2-5,21-24H2,1H3,(H,44,49)(H,45,50)(H,47,48). The van der Waals surface area contributed by atoms with Crippen molar-refractivity contribution in [1.82, 2.24) is 15.6 Å². The molecule has 0 atom stereocenters. The van der Waals surface area contributed by atoms with E-state index < -0.39 is 30.2 Å². The molecule has 0 spiro atoms. The molecular formula is C40H38F3N3O5S.